The first-order valence-corrected chi connectivity index (χ1v) is 11.2. The van der Waals surface area contributed by atoms with E-state index in [4.69, 9.17) is 15.2 Å². The molecule has 0 aliphatic carbocycles. The highest BCUT2D eigenvalue weighted by molar-refractivity contribution is 5.96. The van der Waals surface area contributed by atoms with Crippen molar-refractivity contribution in [2.24, 2.45) is 5.73 Å². The lowest BCUT2D eigenvalue weighted by Gasteiger charge is -2.31. The summed E-state index contributed by atoms with van der Waals surface area (Å²) in [6.45, 7) is -0.459. The predicted octanol–water partition coefficient (Wildman–Crippen LogP) is 2.75. The molecular weight excluding hydrogens is 531 g/mol. The Hall–Kier alpha value is -4.33. The van der Waals surface area contributed by atoms with Crippen LogP contribution in [0.3, 0.4) is 0 Å². The number of aliphatic hydroxyl groups is 1. The summed E-state index contributed by atoms with van der Waals surface area (Å²) in [5, 5.41) is 12.9. The quantitative estimate of drug-likeness (QED) is 0.384. The van der Waals surface area contributed by atoms with Crippen LogP contribution in [0.4, 0.5) is 22.0 Å². The van der Waals surface area contributed by atoms with E-state index in [2.05, 4.69) is 9.97 Å². The molecule has 0 spiro atoms. The van der Waals surface area contributed by atoms with Crippen LogP contribution in [-0.2, 0) is 15.8 Å². The highest BCUT2D eigenvalue weighted by atomic mass is 19.4. The van der Waals surface area contributed by atoms with Gasteiger partial charge < -0.3 is 25.6 Å². The standard InChI is InChI=1S/C25H21F5N4O5/c1-23(22(31)36)11-39-19-16(23)8-17(34-18(19)12-3-5-13(26)6-4-12)24(37,25(28,29)30)10-33-20(35)15-7-14(27)9-32-21(15)38-2/h3-9,37H,10-11H2,1-2H3,(H2,31,36)(H,33,35)/t23-,24?/m0/s1. The number of rotatable bonds is 7. The number of halogens is 5. The average molecular weight is 552 g/mol. The third kappa shape index (κ3) is 4.82. The second kappa shape index (κ2) is 9.76. The van der Waals surface area contributed by atoms with Gasteiger partial charge in [0.1, 0.15) is 40.7 Å². The van der Waals surface area contributed by atoms with Gasteiger partial charge in [-0.1, -0.05) is 0 Å². The summed E-state index contributed by atoms with van der Waals surface area (Å²) in [4.78, 5) is 32.5. The first kappa shape index (κ1) is 27.7. The molecule has 1 aromatic carbocycles. The van der Waals surface area contributed by atoms with E-state index < -0.39 is 58.4 Å². The highest BCUT2D eigenvalue weighted by Gasteiger charge is 2.57. The summed E-state index contributed by atoms with van der Waals surface area (Å²) >= 11 is 0. The third-order valence-electron chi connectivity index (χ3n) is 6.39. The maximum absolute atomic E-state index is 14.4. The fourth-order valence-electron chi connectivity index (χ4n) is 3.99. The van der Waals surface area contributed by atoms with Crippen LogP contribution in [0.15, 0.2) is 42.6 Å². The molecule has 0 bridgehead atoms. The van der Waals surface area contributed by atoms with Crippen LogP contribution >= 0.6 is 0 Å². The van der Waals surface area contributed by atoms with Crippen molar-refractivity contribution in [1.82, 2.24) is 15.3 Å². The molecule has 39 heavy (non-hydrogen) atoms. The molecule has 1 aliphatic heterocycles. The van der Waals surface area contributed by atoms with Gasteiger partial charge in [0.25, 0.3) is 5.91 Å². The number of pyridine rings is 2. The molecule has 3 heterocycles. The van der Waals surface area contributed by atoms with Gasteiger partial charge in [-0.05, 0) is 43.3 Å². The minimum atomic E-state index is -5.42. The number of methoxy groups -OCH3 is 1. The zero-order valence-corrected chi connectivity index (χ0v) is 20.4. The number of nitrogens with one attached hydrogen (secondary N) is 1. The number of alkyl halides is 3. The monoisotopic (exact) mass is 552 g/mol. The van der Waals surface area contributed by atoms with Crippen molar-refractivity contribution >= 4 is 11.8 Å². The summed E-state index contributed by atoms with van der Waals surface area (Å²) < 4.78 is 80.9. The van der Waals surface area contributed by atoms with Crippen molar-refractivity contribution in [1.29, 1.82) is 0 Å². The Labute approximate surface area is 217 Å². The minimum absolute atomic E-state index is 0.0733. The van der Waals surface area contributed by atoms with Gasteiger partial charge in [-0.2, -0.15) is 13.2 Å². The number of primary amides is 1. The number of hydrogen-bond donors (Lipinski definition) is 3. The first-order chi connectivity index (χ1) is 18.2. The molecule has 14 heteroatoms. The molecular formula is C25H21F5N4O5. The molecule has 1 unspecified atom stereocenters. The molecule has 0 fully saturated rings. The Morgan fingerprint density at radius 3 is 2.44 bits per heavy atom. The van der Waals surface area contributed by atoms with E-state index in [9.17, 15) is 36.6 Å². The van der Waals surface area contributed by atoms with Gasteiger partial charge in [-0.25, -0.2) is 18.7 Å². The SMILES string of the molecule is COc1ncc(F)cc1C(=O)NCC(O)(c1cc2c(c(-c3ccc(F)cc3)n1)OC[C@]2(C)C(N)=O)C(F)(F)F. The molecule has 0 radical (unpaired) electrons. The number of amides is 2. The predicted molar refractivity (Wildman–Crippen MR) is 125 cm³/mol. The molecule has 2 atom stereocenters. The van der Waals surface area contributed by atoms with Gasteiger partial charge in [-0.15, -0.1) is 0 Å². The Kier molecular flexibility index (Phi) is 6.93. The van der Waals surface area contributed by atoms with E-state index >= 15 is 0 Å². The Morgan fingerprint density at radius 2 is 1.85 bits per heavy atom. The van der Waals surface area contributed by atoms with Crippen LogP contribution in [0, 0.1) is 11.6 Å². The van der Waals surface area contributed by atoms with Gasteiger partial charge in [0.2, 0.25) is 17.4 Å². The highest BCUT2D eigenvalue weighted by Crippen LogP contribution is 2.47. The van der Waals surface area contributed by atoms with Crippen LogP contribution in [0.25, 0.3) is 11.3 Å². The molecule has 4 rings (SSSR count). The number of carbonyl (C=O) groups is 2. The number of hydrogen-bond acceptors (Lipinski definition) is 7. The molecule has 3 aromatic rings. The zero-order chi connectivity index (χ0) is 28.8. The molecule has 4 N–H and O–H groups in total. The average Bonchev–Trinajstić information content (AvgIpc) is 3.24. The van der Waals surface area contributed by atoms with E-state index in [0.717, 1.165) is 31.5 Å². The fourth-order valence-corrected chi connectivity index (χ4v) is 3.99. The van der Waals surface area contributed by atoms with Crippen molar-refractivity contribution in [2.75, 3.05) is 20.3 Å². The summed E-state index contributed by atoms with van der Waals surface area (Å²) in [5.41, 5.74) is -1.62. The molecule has 206 valence electrons. The van der Waals surface area contributed by atoms with Gasteiger partial charge >= 0.3 is 6.18 Å². The molecule has 2 amide bonds. The number of ether oxygens (including phenoxy) is 2. The summed E-state index contributed by atoms with van der Waals surface area (Å²) in [5.74, 6) is -4.18. The lowest BCUT2D eigenvalue weighted by atomic mass is 9.81. The second-order valence-corrected chi connectivity index (χ2v) is 8.98. The number of nitrogens with zero attached hydrogens (tertiary/aromatic N) is 2. The van der Waals surface area contributed by atoms with Crippen molar-refractivity contribution < 1.29 is 46.1 Å². The maximum atomic E-state index is 14.4. The number of benzene rings is 1. The molecule has 1 aliphatic rings. The van der Waals surface area contributed by atoms with Crippen molar-refractivity contribution in [3.63, 3.8) is 0 Å². The molecule has 2 aromatic heterocycles. The minimum Gasteiger partial charge on any atom is -0.489 e. The summed E-state index contributed by atoms with van der Waals surface area (Å²) in [7, 11) is 1.12. The van der Waals surface area contributed by atoms with Crippen LogP contribution in [0.5, 0.6) is 11.6 Å². The summed E-state index contributed by atoms with van der Waals surface area (Å²) in [6, 6.07) is 6.04. The number of carbonyl (C=O) groups excluding carboxylic acids is 2. The topological polar surface area (TPSA) is 137 Å². The molecule has 0 saturated heterocycles. The van der Waals surface area contributed by atoms with Crippen LogP contribution in [-0.4, -0.2) is 53.3 Å². The van der Waals surface area contributed by atoms with E-state index in [1.807, 2.05) is 5.32 Å². The number of fused-ring (bicyclic) bond motifs is 1. The second-order valence-electron chi connectivity index (χ2n) is 8.98. The number of nitrogens with two attached hydrogens (primary N) is 1. The Bertz CT molecular complexity index is 1450. The zero-order valence-electron chi connectivity index (χ0n) is 20.4. The Morgan fingerprint density at radius 1 is 1.18 bits per heavy atom. The van der Waals surface area contributed by atoms with Crippen LogP contribution in [0.2, 0.25) is 0 Å². The third-order valence-corrected chi connectivity index (χ3v) is 6.39. The lowest BCUT2D eigenvalue weighted by molar-refractivity contribution is -0.265. The fraction of sp³-hybridized carbons (Fsp3) is 0.280. The van der Waals surface area contributed by atoms with Gasteiger partial charge in [0, 0.05) is 11.1 Å². The smallest absolute Gasteiger partial charge is 0.424 e. The molecule has 9 nitrogen and oxygen atoms in total. The van der Waals surface area contributed by atoms with Gasteiger partial charge in [0.15, 0.2) is 0 Å². The van der Waals surface area contributed by atoms with Gasteiger partial charge in [0.05, 0.1) is 25.5 Å². The number of aromatic nitrogens is 2. The first-order valence-electron chi connectivity index (χ1n) is 11.2. The maximum Gasteiger partial charge on any atom is 0.424 e. The Balaban J connectivity index is 1.84. The lowest BCUT2D eigenvalue weighted by Crippen LogP contribution is -2.52. The van der Waals surface area contributed by atoms with E-state index in [1.54, 1.807) is 0 Å². The van der Waals surface area contributed by atoms with Crippen LogP contribution in [0.1, 0.15) is 28.5 Å². The van der Waals surface area contributed by atoms with E-state index in [1.165, 1.54) is 19.1 Å². The van der Waals surface area contributed by atoms with E-state index in [-0.39, 0.29) is 35.1 Å². The van der Waals surface area contributed by atoms with Crippen LogP contribution < -0.4 is 20.5 Å². The van der Waals surface area contributed by atoms with Crippen molar-refractivity contribution in [2.45, 2.75) is 24.1 Å². The normalized spacial score (nSPS) is 18.1. The van der Waals surface area contributed by atoms with E-state index in [0.29, 0.717) is 6.07 Å². The van der Waals surface area contributed by atoms with Crippen molar-refractivity contribution in [3.8, 4) is 22.9 Å². The summed E-state index contributed by atoms with van der Waals surface area (Å²) in [6.07, 6.45) is -4.68. The molecule has 0 saturated carbocycles. The van der Waals surface area contributed by atoms with Crippen molar-refractivity contribution in [3.05, 3.63) is 71.1 Å². The van der Waals surface area contributed by atoms with Gasteiger partial charge in [-0.3, -0.25) is 9.59 Å². The largest absolute Gasteiger partial charge is 0.489 e.